The van der Waals surface area contributed by atoms with Gasteiger partial charge in [-0.2, -0.15) is 0 Å². The van der Waals surface area contributed by atoms with Crippen molar-refractivity contribution < 1.29 is 14.3 Å². The number of ether oxygens (including phenoxy) is 2. The molecule has 1 atom stereocenters. The van der Waals surface area contributed by atoms with Gasteiger partial charge in [0.05, 0.1) is 6.61 Å². The molecule has 0 spiro atoms. The maximum Gasteiger partial charge on any atom is 0.261 e. The van der Waals surface area contributed by atoms with Gasteiger partial charge in [-0.3, -0.25) is 4.79 Å². The molecule has 0 heterocycles. The van der Waals surface area contributed by atoms with Gasteiger partial charge in [0, 0.05) is 6.54 Å². The van der Waals surface area contributed by atoms with Crippen molar-refractivity contribution >= 4 is 5.91 Å². The fraction of sp³-hybridized carbons (Fsp3) is 0.316. The zero-order valence-electron chi connectivity index (χ0n) is 13.8. The molecule has 2 aromatic rings. The van der Waals surface area contributed by atoms with E-state index in [1.165, 1.54) is 0 Å². The highest BCUT2D eigenvalue weighted by Crippen LogP contribution is 2.14. The number of hydrogen-bond donors (Lipinski definition) is 1. The number of hydrogen-bond acceptors (Lipinski definition) is 3. The molecule has 0 aliphatic heterocycles. The Bertz CT molecular complexity index is 637. The number of amides is 1. The van der Waals surface area contributed by atoms with Gasteiger partial charge in [-0.25, -0.2) is 0 Å². The van der Waals surface area contributed by atoms with Crippen LogP contribution in [0.15, 0.2) is 48.5 Å². The molecule has 1 amide bonds. The molecule has 1 N–H and O–H groups in total. The summed E-state index contributed by atoms with van der Waals surface area (Å²) in [5.41, 5.74) is 2.15. The summed E-state index contributed by atoms with van der Waals surface area (Å²) < 4.78 is 11.1. The predicted octanol–water partition coefficient (Wildman–Crippen LogP) is 3.48. The highest BCUT2D eigenvalue weighted by molar-refractivity contribution is 5.80. The molecule has 0 aliphatic carbocycles. The fourth-order valence-corrected chi connectivity index (χ4v) is 2.12. The Morgan fingerprint density at radius 3 is 2.57 bits per heavy atom. The van der Waals surface area contributed by atoms with Crippen LogP contribution in [0.4, 0.5) is 0 Å². The number of nitrogens with one attached hydrogen (secondary N) is 1. The Hall–Kier alpha value is -2.49. The lowest BCUT2D eigenvalue weighted by molar-refractivity contribution is -0.127. The average molecular weight is 313 g/mol. The summed E-state index contributed by atoms with van der Waals surface area (Å²) in [6.07, 6.45) is -0.548. The van der Waals surface area contributed by atoms with Crippen molar-refractivity contribution in [1.82, 2.24) is 5.32 Å². The van der Waals surface area contributed by atoms with E-state index in [0.29, 0.717) is 18.9 Å². The van der Waals surface area contributed by atoms with Crippen molar-refractivity contribution in [2.75, 3.05) is 6.61 Å². The third kappa shape index (κ3) is 5.33. The van der Waals surface area contributed by atoms with E-state index in [-0.39, 0.29) is 5.91 Å². The first-order valence-corrected chi connectivity index (χ1v) is 7.81. The molecule has 0 fully saturated rings. The van der Waals surface area contributed by atoms with E-state index in [2.05, 4.69) is 5.32 Å². The van der Waals surface area contributed by atoms with E-state index >= 15 is 0 Å². The first-order chi connectivity index (χ1) is 11.1. The number of carbonyl (C=O) groups is 1. The molecule has 0 bridgehead atoms. The van der Waals surface area contributed by atoms with Crippen LogP contribution in [0, 0.1) is 6.92 Å². The molecule has 23 heavy (non-hydrogen) atoms. The van der Waals surface area contributed by atoms with E-state index in [1.54, 1.807) is 6.92 Å². The second-order valence-electron chi connectivity index (χ2n) is 5.37. The summed E-state index contributed by atoms with van der Waals surface area (Å²) >= 11 is 0. The predicted molar refractivity (Wildman–Crippen MR) is 90.7 cm³/mol. The monoisotopic (exact) mass is 313 g/mol. The van der Waals surface area contributed by atoms with E-state index in [4.69, 9.17) is 9.47 Å². The summed E-state index contributed by atoms with van der Waals surface area (Å²) in [4.78, 5) is 12.1. The minimum absolute atomic E-state index is 0.146. The smallest absolute Gasteiger partial charge is 0.261 e. The van der Waals surface area contributed by atoms with Gasteiger partial charge in [-0.1, -0.05) is 29.8 Å². The van der Waals surface area contributed by atoms with Crippen molar-refractivity contribution in [2.45, 2.75) is 33.4 Å². The van der Waals surface area contributed by atoms with Crippen molar-refractivity contribution in [1.29, 1.82) is 0 Å². The number of aryl methyl sites for hydroxylation is 1. The van der Waals surface area contributed by atoms with Gasteiger partial charge in [-0.05, 0) is 50.6 Å². The number of carbonyl (C=O) groups excluding carboxylic acids is 1. The van der Waals surface area contributed by atoms with Crippen molar-refractivity contribution in [3.63, 3.8) is 0 Å². The van der Waals surface area contributed by atoms with Crippen LogP contribution < -0.4 is 14.8 Å². The summed E-state index contributed by atoms with van der Waals surface area (Å²) in [5, 5.41) is 2.88. The van der Waals surface area contributed by atoms with Crippen molar-refractivity contribution in [2.24, 2.45) is 0 Å². The molecular weight excluding hydrogens is 290 g/mol. The fourth-order valence-electron chi connectivity index (χ4n) is 2.12. The van der Waals surface area contributed by atoms with Crippen molar-refractivity contribution in [3.8, 4) is 11.5 Å². The standard InChI is InChI=1S/C19H23NO3/c1-4-22-18-7-5-6-16(12-18)13-20-19(21)15(3)23-17-10-8-14(2)9-11-17/h5-12,15H,4,13H2,1-3H3,(H,20,21). The van der Waals surface area contributed by atoms with Gasteiger partial charge in [0.2, 0.25) is 0 Å². The van der Waals surface area contributed by atoms with Crippen LogP contribution in [0.2, 0.25) is 0 Å². The lowest BCUT2D eigenvalue weighted by atomic mass is 10.2. The van der Waals surface area contributed by atoms with Gasteiger partial charge in [0.1, 0.15) is 11.5 Å². The molecule has 0 aliphatic rings. The zero-order chi connectivity index (χ0) is 16.7. The summed E-state index contributed by atoms with van der Waals surface area (Å²) in [6, 6.07) is 15.3. The lowest BCUT2D eigenvalue weighted by Crippen LogP contribution is -2.35. The van der Waals surface area contributed by atoms with Crippen LogP contribution in [0.5, 0.6) is 11.5 Å². The van der Waals surface area contributed by atoms with E-state index in [9.17, 15) is 4.79 Å². The average Bonchev–Trinajstić information content (AvgIpc) is 2.55. The second kappa shape index (κ2) is 8.22. The molecule has 1 unspecified atom stereocenters. The Balaban J connectivity index is 1.86. The Kier molecular flexibility index (Phi) is 6.03. The highest BCUT2D eigenvalue weighted by Gasteiger charge is 2.14. The van der Waals surface area contributed by atoms with E-state index in [1.807, 2.05) is 62.4 Å². The van der Waals surface area contributed by atoms with Crippen LogP contribution in [-0.4, -0.2) is 18.6 Å². The molecule has 0 aromatic heterocycles. The van der Waals surface area contributed by atoms with Gasteiger partial charge < -0.3 is 14.8 Å². The first kappa shape index (κ1) is 16.9. The maximum absolute atomic E-state index is 12.1. The minimum atomic E-state index is -0.548. The Morgan fingerprint density at radius 1 is 1.13 bits per heavy atom. The van der Waals surface area contributed by atoms with Gasteiger partial charge in [-0.15, -0.1) is 0 Å². The molecular formula is C19H23NO3. The summed E-state index contributed by atoms with van der Waals surface area (Å²) in [5.74, 6) is 1.35. The Labute approximate surface area is 137 Å². The lowest BCUT2D eigenvalue weighted by Gasteiger charge is -2.15. The van der Waals surface area contributed by atoms with Gasteiger partial charge in [0.25, 0.3) is 5.91 Å². The van der Waals surface area contributed by atoms with Crippen LogP contribution in [0.1, 0.15) is 25.0 Å². The number of rotatable bonds is 7. The van der Waals surface area contributed by atoms with Crippen LogP contribution in [0.3, 0.4) is 0 Å². The first-order valence-electron chi connectivity index (χ1n) is 7.81. The molecule has 122 valence electrons. The quantitative estimate of drug-likeness (QED) is 0.851. The third-order valence-electron chi connectivity index (χ3n) is 3.38. The second-order valence-corrected chi connectivity index (χ2v) is 5.37. The topological polar surface area (TPSA) is 47.6 Å². The highest BCUT2D eigenvalue weighted by atomic mass is 16.5. The molecule has 0 saturated heterocycles. The summed E-state index contributed by atoms with van der Waals surface area (Å²) in [7, 11) is 0. The molecule has 4 nitrogen and oxygen atoms in total. The van der Waals surface area contributed by atoms with E-state index < -0.39 is 6.10 Å². The van der Waals surface area contributed by atoms with Gasteiger partial charge in [0.15, 0.2) is 6.10 Å². The number of benzene rings is 2. The van der Waals surface area contributed by atoms with Crippen molar-refractivity contribution in [3.05, 3.63) is 59.7 Å². The van der Waals surface area contributed by atoms with Crippen LogP contribution >= 0.6 is 0 Å². The van der Waals surface area contributed by atoms with Gasteiger partial charge >= 0.3 is 0 Å². The summed E-state index contributed by atoms with van der Waals surface area (Å²) in [6.45, 7) is 6.76. The zero-order valence-corrected chi connectivity index (χ0v) is 13.8. The normalized spacial score (nSPS) is 11.6. The van der Waals surface area contributed by atoms with Crippen LogP contribution in [0.25, 0.3) is 0 Å². The van der Waals surface area contributed by atoms with Crippen LogP contribution in [-0.2, 0) is 11.3 Å². The molecule has 2 aromatic carbocycles. The molecule has 0 radical (unpaired) electrons. The molecule has 2 rings (SSSR count). The minimum Gasteiger partial charge on any atom is -0.494 e. The molecule has 0 saturated carbocycles. The Morgan fingerprint density at radius 2 is 1.87 bits per heavy atom. The largest absolute Gasteiger partial charge is 0.494 e. The maximum atomic E-state index is 12.1. The van der Waals surface area contributed by atoms with E-state index in [0.717, 1.165) is 16.9 Å². The third-order valence-corrected chi connectivity index (χ3v) is 3.38. The molecule has 4 heteroatoms. The SMILES string of the molecule is CCOc1cccc(CNC(=O)C(C)Oc2ccc(C)cc2)c1.